The highest BCUT2D eigenvalue weighted by Crippen LogP contribution is 2.19. The minimum Gasteiger partial charge on any atom is -0.341 e. The first kappa shape index (κ1) is 15.6. The Labute approximate surface area is 140 Å². The number of hydrogen-bond acceptors (Lipinski definition) is 4. The van der Waals surface area contributed by atoms with E-state index in [2.05, 4.69) is 14.7 Å². The first-order chi connectivity index (χ1) is 10.6. The molecule has 1 atom stereocenters. The Morgan fingerprint density at radius 3 is 2.77 bits per heavy atom. The molecule has 2 aromatic carbocycles. The number of imidazole rings is 1. The van der Waals surface area contributed by atoms with E-state index in [4.69, 9.17) is 11.6 Å². The fourth-order valence-electron chi connectivity index (χ4n) is 1.99. The molecule has 4 nitrogen and oxygen atoms in total. The minimum atomic E-state index is -0.986. The molecule has 0 aliphatic heterocycles. The van der Waals surface area contributed by atoms with E-state index in [9.17, 15) is 4.21 Å². The number of H-pyrrole nitrogens is 1. The van der Waals surface area contributed by atoms with E-state index < -0.39 is 10.8 Å². The van der Waals surface area contributed by atoms with E-state index in [1.165, 1.54) is 11.9 Å². The van der Waals surface area contributed by atoms with Gasteiger partial charge in [-0.25, -0.2) is 4.98 Å². The molecule has 1 aromatic heterocycles. The summed E-state index contributed by atoms with van der Waals surface area (Å²) in [6.07, 6.45) is 1.67. The van der Waals surface area contributed by atoms with Gasteiger partial charge in [0, 0.05) is 31.9 Å². The molecule has 2 N–H and O–H groups in total. The molecule has 0 spiro atoms. The first-order valence-corrected chi connectivity index (χ1v) is 9.34. The summed E-state index contributed by atoms with van der Waals surface area (Å²) in [5.74, 6) is 0.843. The van der Waals surface area contributed by atoms with Gasteiger partial charge in [0.15, 0.2) is 0 Å². The lowest BCUT2D eigenvalue weighted by Gasteiger charge is -2.01. The fraction of sp³-hybridized carbons (Fsp3) is 0.133. The molecule has 114 valence electrons. The molecular formula is C15H14ClN3OS2. The molecule has 0 radical (unpaired) electrons. The Bertz CT molecular complexity index is 817. The summed E-state index contributed by atoms with van der Waals surface area (Å²) in [6, 6.07) is 13.3. The summed E-state index contributed by atoms with van der Waals surface area (Å²) < 4.78 is 14.8. The van der Waals surface area contributed by atoms with Crippen LogP contribution in [-0.4, -0.2) is 20.4 Å². The highest BCUT2D eigenvalue weighted by molar-refractivity contribution is 7.97. The number of fused-ring (bicyclic) bond motifs is 1. The summed E-state index contributed by atoms with van der Waals surface area (Å²) in [5.41, 5.74) is 1.78. The van der Waals surface area contributed by atoms with Gasteiger partial charge in [-0.15, -0.1) is 0 Å². The van der Waals surface area contributed by atoms with Crippen molar-refractivity contribution in [1.82, 2.24) is 14.7 Å². The van der Waals surface area contributed by atoms with Crippen LogP contribution in [0.2, 0.25) is 5.02 Å². The van der Waals surface area contributed by atoms with Gasteiger partial charge in [0.2, 0.25) is 0 Å². The number of aromatic amines is 1. The molecule has 0 amide bonds. The molecule has 0 aliphatic carbocycles. The number of nitrogens with zero attached hydrogens (tertiary/aromatic N) is 1. The van der Waals surface area contributed by atoms with Crippen LogP contribution in [0.3, 0.4) is 0 Å². The highest BCUT2D eigenvalue weighted by atomic mass is 35.5. The average molecular weight is 352 g/mol. The number of hydrogen-bond donors (Lipinski definition) is 2. The van der Waals surface area contributed by atoms with E-state index in [1.807, 2.05) is 42.5 Å². The maximum atomic E-state index is 11.5. The van der Waals surface area contributed by atoms with E-state index in [0.29, 0.717) is 6.54 Å². The summed E-state index contributed by atoms with van der Waals surface area (Å²) in [4.78, 5) is 9.64. The Morgan fingerprint density at radius 2 is 2.05 bits per heavy atom. The van der Waals surface area contributed by atoms with Crippen LogP contribution >= 0.6 is 23.5 Å². The van der Waals surface area contributed by atoms with Gasteiger partial charge in [0.1, 0.15) is 5.82 Å². The Morgan fingerprint density at radius 1 is 1.27 bits per heavy atom. The Hall–Kier alpha value is -1.34. The molecule has 0 saturated carbocycles. The Balaban J connectivity index is 1.66. The molecule has 7 heteroatoms. The third-order valence-corrected chi connectivity index (χ3v) is 5.04. The molecule has 0 bridgehead atoms. The van der Waals surface area contributed by atoms with Crippen molar-refractivity contribution in [3.8, 4) is 0 Å². The summed E-state index contributed by atoms with van der Waals surface area (Å²) in [5, 5.41) is 0.728. The monoisotopic (exact) mass is 351 g/mol. The molecule has 1 heterocycles. The van der Waals surface area contributed by atoms with Gasteiger partial charge in [0.25, 0.3) is 0 Å². The lowest BCUT2D eigenvalue weighted by atomic mass is 10.3. The second-order valence-electron chi connectivity index (χ2n) is 4.69. The molecule has 22 heavy (non-hydrogen) atoms. The van der Waals surface area contributed by atoms with Gasteiger partial charge in [-0.2, -0.15) is 0 Å². The van der Waals surface area contributed by atoms with Crippen molar-refractivity contribution in [3.63, 3.8) is 0 Å². The van der Waals surface area contributed by atoms with Crippen molar-refractivity contribution in [2.24, 2.45) is 0 Å². The van der Waals surface area contributed by atoms with Crippen LogP contribution in [-0.2, 0) is 17.3 Å². The zero-order chi connectivity index (χ0) is 15.5. The number of rotatable bonds is 5. The second kappa shape index (κ2) is 6.83. The number of benzene rings is 2. The van der Waals surface area contributed by atoms with Crippen LogP contribution in [0.4, 0.5) is 0 Å². The minimum absolute atomic E-state index is 0.604. The molecule has 0 saturated heterocycles. The van der Waals surface area contributed by atoms with Crippen molar-refractivity contribution in [2.45, 2.75) is 16.3 Å². The molecule has 0 aliphatic rings. The maximum absolute atomic E-state index is 11.5. The predicted octanol–water partition coefficient (Wildman–Crippen LogP) is 3.75. The second-order valence-corrected chi connectivity index (χ2v) is 7.47. The van der Waals surface area contributed by atoms with E-state index in [1.54, 1.807) is 6.26 Å². The molecule has 0 fully saturated rings. The van der Waals surface area contributed by atoms with Crippen LogP contribution in [0.25, 0.3) is 11.0 Å². The average Bonchev–Trinajstić information content (AvgIpc) is 2.91. The van der Waals surface area contributed by atoms with Crippen LogP contribution in [0, 0.1) is 0 Å². The van der Waals surface area contributed by atoms with Crippen LogP contribution in [0.1, 0.15) is 5.82 Å². The van der Waals surface area contributed by atoms with Gasteiger partial charge in [-0.1, -0.05) is 11.6 Å². The zero-order valence-corrected chi connectivity index (χ0v) is 14.2. The third-order valence-electron chi connectivity index (χ3n) is 3.08. The molecule has 1 unspecified atom stereocenters. The molecule has 3 rings (SSSR count). The number of aromatic nitrogens is 2. The quantitative estimate of drug-likeness (QED) is 0.687. The zero-order valence-electron chi connectivity index (χ0n) is 11.8. The van der Waals surface area contributed by atoms with Crippen LogP contribution in [0.5, 0.6) is 0 Å². The maximum Gasteiger partial charge on any atom is 0.122 e. The number of halogens is 1. The fourth-order valence-corrected chi connectivity index (χ4v) is 3.31. The van der Waals surface area contributed by atoms with Crippen molar-refractivity contribution in [1.29, 1.82) is 0 Å². The molecule has 3 aromatic rings. The normalized spacial score (nSPS) is 12.6. The number of nitrogens with one attached hydrogen (secondary N) is 2. The summed E-state index contributed by atoms with van der Waals surface area (Å²) in [6.45, 7) is 0.604. The van der Waals surface area contributed by atoms with Gasteiger partial charge < -0.3 is 4.98 Å². The Kier molecular flexibility index (Phi) is 4.83. The van der Waals surface area contributed by atoms with Gasteiger partial charge >= 0.3 is 0 Å². The first-order valence-electron chi connectivity index (χ1n) is 6.59. The summed E-state index contributed by atoms with van der Waals surface area (Å²) >= 11 is 7.38. The smallest absolute Gasteiger partial charge is 0.122 e. The van der Waals surface area contributed by atoms with E-state index in [-0.39, 0.29) is 0 Å². The predicted molar refractivity (Wildman–Crippen MR) is 92.6 cm³/mol. The lowest BCUT2D eigenvalue weighted by Crippen LogP contribution is -2.04. The lowest BCUT2D eigenvalue weighted by molar-refractivity contribution is 0.687. The largest absolute Gasteiger partial charge is 0.341 e. The van der Waals surface area contributed by atoms with Crippen molar-refractivity contribution in [3.05, 3.63) is 53.3 Å². The van der Waals surface area contributed by atoms with Gasteiger partial charge in [-0.3, -0.25) is 8.93 Å². The van der Waals surface area contributed by atoms with Crippen LogP contribution < -0.4 is 4.72 Å². The van der Waals surface area contributed by atoms with Crippen LogP contribution in [0.15, 0.2) is 52.3 Å². The van der Waals surface area contributed by atoms with E-state index in [0.717, 1.165) is 31.7 Å². The molecular weight excluding hydrogens is 338 g/mol. The topological polar surface area (TPSA) is 57.8 Å². The van der Waals surface area contributed by atoms with Crippen molar-refractivity contribution < 1.29 is 4.21 Å². The third kappa shape index (κ3) is 3.70. The highest BCUT2D eigenvalue weighted by Gasteiger charge is 2.05. The van der Waals surface area contributed by atoms with Gasteiger partial charge in [-0.05, 0) is 54.4 Å². The standard InChI is InChI=1S/C15H14ClN3OS2/c1-22(20)12-6-7-13-14(8-12)19-15(18-13)9-17-21-11-4-2-10(16)3-5-11/h2-8,17H,9H2,1H3,(H,18,19). The van der Waals surface area contributed by atoms with Crippen molar-refractivity contribution in [2.75, 3.05) is 6.26 Å². The summed E-state index contributed by atoms with van der Waals surface area (Å²) in [7, 11) is -0.986. The van der Waals surface area contributed by atoms with Gasteiger partial charge in [0.05, 0.1) is 17.6 Å². The van der Waals surface area contributed by atoms with Crippen molar-refractivity contribution >= 4 is 45.4 Å². The SMILES string of the molecule is CS(=O)c1ccc2nc(CNSc3ccc(Cl)cc3)[nH]c2c1. The van der Waals surface area contributed by atoms with E-state index >= 15 is 0 Å².